The summed E-state index contributed by atoms with van der Waals surface area (Å²) in [5.41, 5.74) is 0.610. The highest BCUT2D eigenvalue weighted by Crippen LogP contribution is 2.36. The Kier molecular flexibility index (Phi) is 4.68. The summed E-state index contributed by atoms with van der Waals surface area (Å²) in [5, 5.41) is 3.54. The van der Waals surface area contributed by atoms with Gasteiger partial charge in [-0.2, -0.15) is 0 Å². The molecule has 2 unspecified atom stereocenters. The summed E-state index contributed by atoms with van der Waals surface area (Å²) in [4.78, 5) is 5.45. The summed E-state index contributed by atoms with van der Waals surface area (Å²) >= 11 is 0. The van der Waals surface area contributed by atoms with Crippen molar-refractivity contribution in [2.24, 2.45) is 11.3 Å². The Balaban J connectivity index is 1.58. The minimum Gasteiger partial charge on any atom is -0.317 e. The predicted molar refractivity (Wildman–Crippen MR) is 85.0 cm³/mol. The van der Waals surface area contributed by atoms with E-state index in [1.807, 2.05) is 0 Å². The maximum atomic E-state index is 3.54. The van der Waals surface area contributed by atoms with E-state index >= 15 is 0 Å². The molecule has 3 rings (SSSR count). The number of likely N-dealkylation sites (tertiary alicyclic amines) is 2. The highest BCUT2D eigenvalue weighted by atomic mass is 15.2. The van der Waals surface area contributed by atoms with Gasteiger partial charge in [0.25, 0.3) is 0 Å². The average Bonchev–Trinajstić information content (AvgIpc) is 2.48. The van der Waals surface area contributed by atoms with Crippen molar-refractivity contribution in [3.8, 4) is 0 Å². The Morgan fingerprint density at radius 1 is 1.15 bits per heavy atom. The van der Waals surface area contributed by atoms with Crippen molar-refractivity contribution in [2.45, 2.75) is 51.5 Å². The van der Waals surface area contributed by atoms with E-state index in [1.54, 1.807) is 0 Å². The van der Waals surface area contributed by atoms with E-state index in [4.69, 9.17) is 0 Å². The zero-order valence-electron chi connectivity index (χ0n) is 13.5. The Labute approximate surface area is 125 Å². The molecule has 0 aliphatic carbocycles. The fraction of sp³-hybridized carbons (Fsp3) is 1.00. The summed E-state index contributed by atoms with van der Waals surface area (Å²) in [6, 6.07) is 0.880. The van der Waals surface area contributed by atoms with Crippen LogP contribution in [0, 0.1) is 11.3 Å². The summed E-state index contributed by atoms with van der Waals surface area (Å²) in [7, 11) is 2.34. The number of hydrogen-bond donors (Lipinski definition) is 1. The van der Waals surface area contributed by atoms with Crippen LogP contribution in [0.5, 0.6) is 0 Å². The van der Waals surface area contributed by atoms with Crippen molar-refractivity contribution in [2.75, 3.05) is 46.3 Å². The first kappa shape index (κ1) is 14.8. The van der Waals surface area contributed by atoms with E-state index in [0.29, 0.717) is 5.41 Å². The summed E-state index contributed by atoms with van der Waals surface area (Å²) < 4.78 is 0. The van der Waals surface area contributed by atoms with Gasteiger partial charge in [0.05, 0.1) is 0 Å². The normalized spacial score (nSPS) is 35.7. The summed E-state index contributed by atoms with van der Waals surface area (Å²) in [6.07, 6.45) is 8.40. The molecule has 0 amide bonds. The number of hydrogen-bond acceptors (Lipinski definition) is 3. The SMILES string of the molecule is CCC1(CN2CCC3C(CCCN3C)C2)CCNCC1. The molecule has 0 radical (unpaired) electrons. The first-order chi connectivity index (χ1) is 9.72. The Morgan fingerprint density at radius 2 is 1.95 bits per heavy atom. The van der Waals surface area contributed by atoms with Gasteiger partial charge in [-0.3, -0.25) is 0 Å². The second-order valence-corrected chi connectivity index (χ2v) is 7.58. The zero-order valence-corrected chi connectivity index (χ0v) is 13.5. The largest absolute Gasteiger partial charge is 0.317 e. The zero-order chi connectivity index (χ0) is 14.0. The number of piperidine rings is 3. The highest BCUT2D eigenvalue weighted by Gasteiger charge is 2.38. The van der Waals surface area contributed by atoms with E-state index in [-0.39, 0.29) is 0 Å². The number of nitrogens with zero attached hydrogens (tertiary/aromatic N) is 2. The van der Waals surface area contributed by atoms with Gasteiger partial charge in [0, 0.05) is 19.1 Å². The quantitative estimate of drug-likeness (QED) is 0.854. The van der Waals surface area contributed by atoms with Crippen LogP contribution in [0.2, 0.25) is 0 Å². The second kappa shape index (κ2) is 6.33. The molecular formula is C17H33N3. The summed E-state index contributed by atoms with van der Waals surface area (Å²) in [6.45, 7) is 10.3. The van der Waals surface area contributed by atoms with Crippen LogP contribution in [-0.2, 0) is 0 Å². The van der Waals surface area contributed by atoms with E-state index in [1.165, 1.54) is 77.8 Å². The van der Waals surface area contributed by atoms with Gasteiger partial charge in [-0.05, 0) is 83.1 Å². The molecule has 0 saturated carbocycles. The molecule has 3 aliphatic heterocycles. The molecule has 1 N–H and O–H groups in total. The van der Waals surface area contributed by atoms with Gasteiger partial charge >= 0.3 is 0 Å². The Hall–Kier alpha value is -0.120. The lowest BCUT2D eigenvalue weighted by atomic mass is 9.75. The van der Waals surface area contributed by atoms with Crippen LogP contribution >= 0.6 is 0 Å². The topological polar surface area (TPSA) is 18.5 Å². The van der Waals surface area contributed by atoms with E-state index in [9.17, 15) is 0 Å². The molecule has 0 spiro atoms. The van der Waals surface area contributed by atoms with E-state index < -0.39 is 0 Å². The fourth-order valence-corrected chi connectivity index (χ4v) is 4.93. The molecule has 3 aliphatic rings. The molecule has 0 aromatic rings. The molecule has 3 nitrogen and oxygen atoms in total. The van der Waals surface area contributed by atoms with Gasteiger partial charge in [-0.1, -0.05) is 6.92 Å². The first-order valence-corrected chi connectivity index (χ1v) is 8.86. The molecular weight excluding hydrogens is 246 g/mol. The fourth-order valence-electron chi connectivity index (χ4n) is 4.93. The van der Waals surface area contributed by atoms with Crippen molar-refractivity contribution in [3.63, 3.8) is 0 Å². The van der Waals surface area contributed by atoms with Crippen LogP contribution in [0.1, 0.15) is 45.4 Å². The molecule has 3 heteroatoms. The van der Waals surface area contributed by atoms with Crippen LogP contribution in [0.15, 0.2) is 0 Å². The van der Waals surface area contributed by atoms with Crippen molar-refractivity contribution in [1.82, 2.24) is 15.1 Å². The Morgan fingerprint density at radius 3 is 2.70 bits per heavy atom. The van der Waals surface area contributed by atoms with Crippen LogP contribution in [-0.4, -0.2) is 62.2 Å². The number of nitrogens with one attached hydrogen (secondary N) is 1. The summed E-state index contributed by atoms with van der Waals surface area (Å²) in [5.74, 6) is 0.943. The van der Waals surface area contributed by atoms with Crippen LogP contribution in [0.4, 0.5) is 0 Å². The molecule has 0 bridgehead atoms. The minimum absolute atomic E-state index is 0.610. The third-order valence-electron chi connectivity index (χ3n) is 6.40. The van der Waals surface area contributed by atoms with E-state index in [0.717, 1.165) is 12.0 Å². The highest BCUT2D eigenvalue weighted by molar-refractivity contribution is 4.93. The number of fused-ring (bicyclic) bond motifs is 1. The Bertz CT molecular complexity index is 311. The lowest BCUT2D eigenvalue weighted by Crippen LogP contribution is -2.55. The van der Waals surface area contributed by atoms with Gasteiger partial charge < -0.3 is 15.1 Å². The van der Waals surface area contributed by atoms with Crippen LogP contribution < -0.4 is 5.32 Å². The van der Waals surface area contributed by atoms with Crippen molar-refractivity contribution >= 4 is 0 Å². The molecule has 2 atom stereocenters. The van der Waals surface area contributed by atoms with Gasteiger partial charge in [-0.15, -0.1) is 0 Å². The third kappa shape index (κ3) is 3.05. The van der Waals surface area contributed by atoms with E-state index in [2.05, 4.69) is 29.1 Å². The molecule has 0 aromatic heterocycles. The third-order valence-corrected chi connectivity index (χ3v) is 6.40. The molecule has 3 saturated heterocycles. The monoisotopic (exact) mass is 279 g/mol. The van der Waals surface area contributed by atoms with Crippen LogP contribution in [0.3, 0.4) is 0 Å². The van der Waals surface area contributed by atoms with Gasteiger partial charge in [0.15, 0.2) is 0 Å². The first-order valence-electron chi connectivity index (χ1n) is 8.86. The van der Waals surface area contributed by atoms with Gasteiger partial charge in [0.1, 0.15) is 0 Å². The van der Waals surface area contributed by atoms with Crippen molar-refractivity contribution < 1.29 is 0 Å². The molecule has 116 valence electrons. The molecule has 0 aromatic carbocycles. The lowest BCUT2D eigenvalue weighted by molar-refractivity contribution is 0.0114. The smallest absolute Gasteiger partial charge is 0.0145 e. The minimum atomic E-state index is 0.610. The van der Waals surface area contributed by atoms with Gasteiger partial charge in [0.2, 0.25) is 0 Å². The standard InChI is InChI=1S/C17H33N3/c1-3-17(7-9-18-10-8-17)14-20-12-6-16-15(13-20)5-4-11-19(16)2/h15-16,18H,3-14H2,1-2H3. The molecule has 3 fully saturated rings. The number of rotatable bonds is 3. The molecule has 20 heavy (non-hydrogen) atoms. The van der Waals surface area contributed by atoms with Crippen LogP contribution in [0.25, 0.3) is 0 Å². The maximum Gasteiger partial charge on any atom is 0.0145 e. The predicted octanol–water partition coefficient (Wildman–Crippen LogP) is 2.18. The average molecular weight is 279 g/mol. The van der Waals surface area contributed by atoms with Crippen molar-refractivity contribution in [3.05, 3.63) is 0 Å². The maximum absolute atomic E-state index is 3.54. The van der Waals surface area contributed by atoms with Crippen molar-refractivity contribution in [1.29, 1.82) is 0 Å². The second-order valence-electron chi connectivity index (χ2n) is 7.58. The van der Waals surface area contributed by atoms with Gasteiger partial charge in [-0.25, -0.2) is 0 Å². The lowest BCUT2D eigenvalue weighted by Gasteiger charge is -2.49. The molecule has 3 heterocycles.